The number of rotatable bonds is 4. The third kappa shape index (κ3) is 2.70. The number of carbonyl (C=O) groups is 1. The van der Waals surface area contributed by atoms with Gasteiger partial charge in [0.2, 0.25) is 6.10 Å². The van der Waals surface area contributed by atoms with Gasteiger partial charge >= 0.3 is 5.97 Å². The van der Waals surface area contributed by atoms with Crippen LogP contribution in [0.4, 0.5) is 0 Å². The maximum absolute atomic E-state index is 11.5. The molecule has 1 aliphatic heterocycles. The van der Waals surface area contributed by atoms with E-state index in [9.17, 15) is 9.90 Å². The Balaban J connectivity index is 1.97. The Hall–Kier alpha value is -2.69. The maximum atomic E-state index is 11.5. The Morgan fingerprint density at radius 3 is 2.55 bits per heavy atom. The molecule has 1 N–H and O–H groups in total. The van der Waals surface area contributed by atoms with E-state index in [2.05, 4.69) is 0 Å². The van der Waals surface area contributed by atoms with Crippen LogP contribution in [0, 0.1) is 0 Å². The van der Waals surface area contributed by atoms with Crippen molar-refractivity contribution in [3.63, 3.8) is 0 Å². The van der Waals surface area contributed by atoms with Crippen molar-refractivity contribution in [2.45, 2.75) is 19.1 Å². The van der Waals surface area contributed by atoms with E-state index in [0.717, 1.165) is 0 Å². The first-order chi connectivity index (χ1) is 10.7. The highest BCUT2D eigenvalue weighted by atomic mass is 16.6. The highest BCUT2D eigenvalue weighted by Crippen LogP contribution is 2.39. The number of aliphatic carboxylic acids is 1. The molecule has 0 aliphatic carbocycles. The van der Waals surface area contributed by atoms with E-state index in [1.54, 1.807) is 30.3 Å². The minimum absolute atomic E-state index is 0.437. The Morgan fingerprint density at radius 2 is 1.86 bits per heavy atom. The summed E-state index contributed by atoms with van der Waals surface area (Å²) in [5.41, 5.74) is 0.702. The molecule has 2 atom stereocenters. The molecule has 5 heteroatoms. The van der Waals surface area contributed by atoms with Crippen LogP contribution in [-0.2, 0) is 4.79 Å². The molecule has 2 unspecified atom stereocenters. The van der Waals surface area contributed by atoms with Crippen LogP contribution in [0.5, 0.6) is 17.2 Å². The number of para-hydroxylation sites is 2. The number of carboxylic acids is 1. The number of carboxylic acid groups (broad SMARTS) is 1. The number of benzene rings is 2. The zero-order valence-corrected chi connectivity index (χ0v) is 12.1. The van der Waals surface area contributed by atoms with Crippen molar-refractivity contribution in [2.75, 3.05) is 6.61 Å². The summed E-state index contributed by atoms with van der Waals surface area (Å²) < 4.78 is 16.9. The van der Waals surface area contributed by atoms with E-state index in [-0.39, 0.29) is 0 Å². The molecule has 2 aromatic carbocycles. The van der Waals surface area contributed by atoms with Gasteiger partial charge in [-0.2, -0.15) is 0 Å². The summed E-state index contributed by atoms with van der Waals surface area (Å²) >= 11 is 0. The topological polar surface area (TPSA) is 65.0 Å². The highest BCUT2D eigenvalue weighted by Gasteiger charge is 2.38. The van der Waals surface area contributed by atoms with E-state index in [1.165, 1.54) is 0 Å². The van der Waals surface area contributed by atoms with Crippen LogP contribution >= 0.6 is 0 Å². The van der Waals surface area contributed by atoms with E-state index >= 15 is 0 Å². The fourth-order valence-electron chi connectivity index (χ4n) is 2.41. The lowest BCUT2D eigenvalue weighted by Crippen LogP contribution is -2.39. The molecule has 22 heavy (non-hydrogen) atoms. The molecule has 5 nitrogen and oxygen atoms in total. The number of hydrogen-bond donors (Lipinski definition) is 1. The molecule has 0 saturated heterocycles. The van der Waals surface area contributed by atoms with Gasteiger partial charge in [-0.1, -0.05) is 24.3 Å². The van der Waals surface area contributed by atoms with Crippen LogP contribution < -0.4 is 14.2 Å². The molecule has 0 aromatic heterocycles. The fraction of sp³-hybridized carbons (Fsp3) is 0.235. The molecule has 0 bridgehead atoms. The van der Waals surface area contributed by atoms with Crippen LogP contribution in [-0.4, -0.2) is 23.8 Å². The first-order valence-electron chi connectivity index (χ1n) is 7.07. The van der Waals surface area contributed by atoms with E-state index in [4.69, 9.17) is 14.2 Å². The summed E-state index contributed by atoms with van der Waals surface area (Å²) in [6.45, 7) is 2.43. The third-order valence-electron chi connectivity index (χ3n) is 3.37. The van der Waals surface area contributed by atoms with Crippen molar-refractivity contribution in [3.8, 4) is 17.2 Å². The summed E-state index contributed by atoms with van der Waals surface area (Å²) in [7, 11) is 0. The van der Waals surface area contributed by atoms with Gasteiger partial charge in [0.05, 0.1) is 6.61 Å². The zero-order chi connectivity index (χ0) is 15.5. The van der Waals surface area contributed by atoms with Crippen molar-refractivity contribution in [1.82, 2.24) is 0 Å². The van der Waals surface area contributed by atoms with Gasteiger partial charge < -0.3 is 19.3 Å². The lowest BCUT2D eigenvalue weighted by atomic mass is 10.0. The SMILES string of the molecule is CCOc1cccc(C2Oc3ccccc3OC2C(=O)O)c1. The van der Waals surface area contributed by atoms with Crippen LogP contribution in [0.15, 0.2) is 48.5 Å². The standard InChI is InChI=1S/C17H16O5/c1-2-20-12-7-5-6-11(10-12)15-16(17(18)19)22-14-9-4-3-8-13(14)21-15/h3-10,15-16H,2H2,1H3,(H,18,19). The van der Waals surface area contributed by atoms with Crippen LogP contribution in [0.1, 0.15) is 18.6 Å². The second-order valence-electron chi connectivity index (χ2n) is 4.87. The Labute approximate surface area is 128 Å². The number of hydrogen-bond acceptors (Lipinski definition) is 4. The first kappa shape index (κ1) is 14.3. The average Bonchev–Trinajstić information content (AvgIpc) is 2.54. The van der Waals surface area contributed by atoms with E-state index < -0.39 is 18.2 Å². The summed E-state index contributed by atoms with van der Waals surface area (Å²) in [5.74, 6) is 0.576. The van der Waals surface area contributed by atoms with E-state index in [1.807, 2.05) is 25.1 Å². The van der Waals surface area contributed by atoms with Gasteiger partial charge in [-0.3, -0.25) is 0 Å². The smallest absolute Gasteiger partial charge is 0.349 e. The molecule has 1 heterocycles. The summed E-state index contributed by atoms with van der Waals surface area (Å²) in [6.07, 6.45) is -1.83. The summed E-state index contributed by atoms with van der Waals surface area (Å²) in [6, 6.07) is 14.3. The molecular formula is C17H16O5. The quantitative estimate of drug-likeness (QED) is 0.940. The lowest BCUT2D eigenvalue weighted by Gasteiger charge is -2.31. The second kappa shape index (κ2) is 5.97. The zero-order valence-electron chi connectivity index (χ0n) is 12.1. The second-order valence-corrected chi connectivity index (χ2v) is 4.87. The van der Waals surface area contributed by atoms with Gasteiger partial charge in [-0.05, 0) is 31.2 Å². The first-order valence-corrected chi connectivity index (χ1v) is 7.07. The molecule has 0 fully saturated rings. The molecule has 3 rings (SSSR count). The van der Waals surface area contributed by atoms with Crippen LogP contribution in [0.3, 0.4) is 0 Å². The molecule has 0 amide bonds. The van der Waals surface area contributed by atoms with Gasteiger partial charge in [0.25, 0.3) is 0 Å². The Bertz CT molecular complexity index is 682. The summed E-state index contributed by atoms with van der Waals surface area (Å²) in [5, 5.41) is 9.43. The third-order valence-corrected chi connectivity index (χ3v) is 3.37. The average molecular weight is 300 g/mol. The molecule has 114 valence electrons. The molecule has 0 saturated carbocycles. The van der Waals surface area contributed by atoms with Crippen LogP contribution in [0.25, 0.3) is 0 Å². The fourth-order valence-corrected chi connectivity index (χ4v) is 2.41. The number of ether oxygens (including phenoxy) is 3. The van der Waals surface area contributed by atoms with Crippen molar-refractivity contribution in [1.29, 1.82) is 0 Å². The van der Waals surface area contributed by atoms with Gasteiger partial charge in [0.1, 0.15) is 5.75 Å². The highest BCUT2D eigenvalue weighted by molar-refractivity contribution is 5.75. The largest absolute Gasteiger partial charge is 0.494 e. The lowest BCUT2D eigenvalue weighted by molar-refractivity contribution is -0.151. The van der Waals surface area contributed by atoms with Crippen molar-refractivity contribution in [2.24, 2.45) is 0 Å². The number of fused-ring (bicyclic) bond motifs is 1. The molecule has 1 aliphatic rings. The van der Waals surface area contributed by atoms with E-state index in [0.29, 0.717) is 29.4 Å². The Morgan fingerprint density at radius 1 is 1.14 bits per heavy atom. The molecule has 2 aromatic rings. The van der Waals surface area contributed by atoms with Gasteiger partial charge in [-0.25, -0.2) is 4.79 Å². The predicted molar refractivity (Wildman–Crippen MR) is 79.5 cm³/mol. The maximum Gasteiger partial charge on any atom is 0.349 e. The predicted octanol–water partition coefficient (Wildman–Crippen LogP) is 3.05. The van der Waals surface area contributed by atoms with Gasteiger partial charge in [0.15, 0.2) is 17.6 Å². The van der Waals surface area contributed by atoms with Crippen molar-refractivity contribution >= 4 is 5.97 Å². The monoisotopic (exact) mass is 300 g/mol. The van der Waals surface area contributed by atoms with Gasteiger partial charge in [-0.15, -0.1) is 0 Å². The van der Waals surface area contributed by atoms with Crippen LogP contribution in [0.2, 0.25) is 0 Å². The van der Waals surface area contributed by atoms with Crippen molar-refractivity contribution in [3.05, 3.63) is 54.1 Å². The Kier molecular flexibility index (Phi) is 3.87. The van der Waals surface area contributed by atoms with Crippen molar-refractivity contribution < 1.29 is 24.1 Å². The molecule has 0 radical (unpaired) electrons. The molecule has 0 spiro atoms. The summed E-state index contributed by atoms with van der Waals surface area (Å²) in [4.78, 5) is 11.5. The molecular weight excluding hydrogens is 284 g/mol. The normalized spacial score (nSPS) is 19.5. The minimum Gasteiger partial charge on any atom is -0.494 e. The minimum atomic E-state index is -1.10. The van der Waals surface area contributed by atoms with Gasteiger partial charge in [0, 0.05) is 5.56 Å².